The molecule has 1 unspecified atom stereocenters. The second-order valence-electron chi connectivity index (χ2n) is 3.25. The highest BCUT2D eigenvalue weighted by Gasteiger charge is 2.30. The molecule has 1 N–H and O–H groups in total. The fourth-order valence-corrected chi connectivity index (χ4v) is 1.47. The van der Waals surface area contributed by atoms with Crippen LogP contribution in [0, 0.1) is 11.6 Å². The number of aliphatic hydroxyl groups is 1. The highest BCUT2D eigenvalue weighted by molar-refractivity contribution is 5.78. The van der Waals surface area contributed by atoms with Crippen molar-refractivity contribution in [3.63, 3.8) is 0 Å². The molecule has 18 heavy (non-hydrogen) atoms. The molecule has 0 aliphatic heterocycles. The minimum absolute atomic E-state index is 0.395. The molecule has 0 aliphatic carbocycles. The van der Waals surface area contributed by atoms with E-state index in [0.717, 1.165) is 21.3 Å². The van der Waals surface area contributed by atoms with E-state index in [1.165, 1.54) is 0 Å². The second-order valence-corrected chi connectivity index (χ2v) is 3.25. The Morgan fingerprint density at radius 3 is 2.17 bits per heavy atom. The Labute approximate surface area is 102 Å². The van der Waals surface area contributed by atoms with Crippen LogP contribution in [-0.2, 0) is 9.53 Å². The van der Waals surface area contributed by atoms with Crippen LogP contribution >= 0.6 is 0 Å². The number of benzene rings is 1. The van der Waals surface area contributed by atoms with E-state index in [1.807, 2.05) is 0 Å². The van der Waals surface area contributed by atoms with Crippen LogP contribution in [0.1, 0.15) is 11.7 Å². The lowest BCUT2D eigenvalue weighted by molar-refractivity contribution is -0.151. The van der Waals surface area contributed by atoms with E-state index >= 15 is 0 Å². The van der Waals surface area contributed by atoms with Crippen LogP contribution < -0.4 is 9.47 Å². The van der Waals surface area contributed by atoms with Crippen molar-refractivity contribution in [1.29, 1.82) is 0 Å². The van der Waals surface area contributed by atoms with Crippen LogP contribution in [0.4, 0.5) is 8.78 Å². The third-order valence-corrected chi connectivity index (χ3v) is 2.28. The highest BCUT2D eigenvalue weighted by atomic mass is 19.1. The summed E-state index contributed by atoms with van der Waals surface area (Å²) < 4.78 is 40.7. The van der Waals surface area contributed by atoms with E-state index in [-0.39, 0.29) is 0 Å². The first-order valence-electron chi connectivity index (χ1n) is 4.83. The molecule has 0 saturated carbocycles. The fraction of sp³-hybridized carbons (Fsp3) is 0.364. The second kappa shape index (κ2) is 5.63. The number of carbonyl (C=O) groups excluding carboxylic acids is 1. The quantitative estimate of drug-likeness (QED) is 0.826. The smallest absolute Gasteiger partial charge is 0.339 e. The van der Waals surface area contributed by atoms with Crippen molar-refractivity contribution in [2.45, 2.75) is 6.10 Å². The predicted molar refractivity (Wildman–Crippen MR) is 56.4 cm³/mol. The Morgan fingerprint density at radius 2 is 1.72 bits per heavy atom. The zero-order valence-electron chi connectivity index (χ0n) is 9.99. The molecule has 7 heteroatoms. The number of rotatable bonds is 4. The van der Waals surface area contributed by atoms with Gasteiger partial charge in [0.05, 0.1) is 26.9 Å². The van der Waals surface area contributed by atoms with Crippen molar-refractivity contribution < 1.29 is 32.9 Å². The number of aliphatic hydroxyl groups excluding tert-OH is 1. The minimum Gasteiger partial charge on any atom is -0.492 e. The zero-order chi connectivity index (χ0) is 13.9. The third-order valence-electron chi connectivity index (χ3n) is 2.28. The molecule has 100 valence electrons. The van der Waals surface area contributed by atoms with Gasteiger partial charge in [0, 0.05) is 6.07 Å². The summed E-state index contributed by atoms with van der Waals surface area (Å²) in [6.45, 7) is 0. The maximum absolute atomic E-state index is 13.6. The predicted octanol–water partition coefficient (Wildman–Crippen LogP) is 1.19. The van der Waals surface area contributed by atoms with Gasteiger partial charge in [-0.25, -0.2) is 13.6 Å². The Hall–Kier alpha value is -1.89. The van der Waals surface area contributed by atoms with Gasteiger partial charge in [-0.2, -0.15) is 0 Å². The molecule has 1 atom stereocenters. The monoisotopic (exact) mass is 262 g/mol. The Morgan fingerprint density at radius 1 is 1.17 bits per heavy atom. The SMILES string of the molecule is COC(=O)C(O)c1c(F)cc(F)c(OC)c1OC. The number of ether oxygens (including phenoxy) is 3. The summed E-state index contributed by atoms with van der Waals surface area (Å²) in [6, 6.07) is 0.489. The first-order chi connectivity index (χ1) is 8.47. The average molecular weight is 262 g/mol. The van der Waals surface area contributed by atoms with Gasteiger partial charge < -0.3 is 19.3 Å². The van der Waals surface area contributed by atoms with E-state index in [2.05, 4.69) is 4.74 Å². The maximum Gasteiger partial charge on any atom is 0.339 e. The molecule has 0 saturated heterocycles. The Bertz CT molecular complexity index is 461. The van der Waals surface area contributed by atoms with Gasteiger partial charge in [-0.3, -0.25) is 0 Å². The lowest BCUT2D eigenvalue weighted by Crippen LogP contribution is -2.17. The van der Waals surface area contributed by atoms with Gasteiger partial charge in [-0.1, -0.05) is 0 Å². The van der Waals surface area contributed by atoms with Crippen molar-refractivity contribution >= 4 is 5.97 Å². The molecule has 0 radical (unpaired) electrons. The van der Waals surface area contributed by atoms with Gasteiger partial charge in [0.25, 0.3) is 0 Å². The standard InChI is InChI=1S/C11H12F2O5/c1-16-9-6(13)4-5(12)7(10(9)17-2)8(14)11(15)18-3/h4,8,14H,1-3H3. The van der Waals surface area contributed by atoms with Crippen molar-refractivity contribution in [1.82, 2.24) is 0 Å². The molecular weight excluding hydrogens is 250 g/mol. The van der Waals surface area contributed by atoms with Gasteiger partial charge >= 0.3 is 5.97 Å². The number of halogens is 2. The Balaban J connectivity index is 3.46. The molecule has 0 spiro atoms. The summed E-state index contributed by atoms with van der Waals surface area (Å²) in [6.07, 6.45) is -1.93. The van der Waals surface area contributed by atoms with Crippen LogP contribution in [-0.4, -0.2) is 32.4 Å². The average Bonchev–Trinajstić information content (AvgIpc) is 2.36. The van der Waals surface area contributed by atoms with E-state index < -0.39 is 40.8 Å². The van der Waals surface area contributed by atoms with E-state index in [9.17, 15) is 18.7 Å². The molecule has 0 amide bonds. The summed E-state index contributed by atoms with van der Waals surface area (Å²) >= 11 is 0. The van der Waals surface area contributed by atoms with E-state index in [4.69, 9.17) is 9.47 Å². The van der Waals surface area contributed by atoms with Crippen LogP contribution in [0.5, 0.6) is 11.5 Å². The molecule has 0 bridgehead atoms. The van der Waals surface area contributed by atoms with Crippen molar-refractivity contribution in [3.05, 3.63) is 23.3 Å². The summed E-state index contributed by atoms with van der Waals surface area (Å²) in [7, 11) is 3.30. The van der Waals surface area contributed by atoms with Crippen molar-refractivity contribution in [2.75, 3.05) is 21.3 Å². The molecule has 0 heterocycles. The van der Waals surface area contributed by atoms with Gasteiger partial charge in [-0.05, 0) is 0 Å². The summed E-state index contributed by atoms with van der Waals surface area (Å²) in [5.74, 6) is -4.04. The zero-order valence-corrected chi connectivity index (χ0v) is 9.99. The summed E-state index contributed by atoms with van der Waals surface area (Å²) in [4.78, 5) is 11.2. The van der Waals surface area contributed by atoms with Crippen molar-refractivity contribution in [3.8, 4) is 11.5 Å². The van der Waals surface area contributed by atoms with Gasteiger partial charge in [0.1, 0.15) is 5.82 Å². The van der Waals surface area contributed by atoms with E-state index in [0.29, 0.717) is 6.07 Å². The number of esters is 1. The molecule has 0 aliphatic rings. The van der Waals surface area contributed by atoms with Crippen molar-refractivity contribution in [2.24, 2.45) is 0 Å². The maximum atomic E-state index is 13.6. The normalized spacial score (nSPS) is 11.9. The molecule has 0 aromatic heterocycles. The molecule has 1 aromatic carbocycles. The first-order valence-corrected chi connectivity index (χ1v) is 4.83. The number of methoxy groups -OCH3 is 3. The van der Waals surface area contributed by atoms with Crippen LogP contribution in [0.15, 0.2) is 6.07 Å². The van der Waals surface area contributed by atoms with Crippen LogP contribution in [0.2, 0.25) is 0 Å². The number of carbonyl (C=O) groups is 1. The van der Waals surface area contributed by atoms with Crippen LogP contribution in [0.25, 0.3) is 0 Å². The minimum atomic E-state index is -1.93. The van der Waals surface area contributed by atoms with Crippen LogP contribution in [0.3, 0.4) is 0 Å². The summed E-state index contributed by atoms with van der Waals surface area (Å²) in [5.41, 5.74) is -0.539. The largest absolute Gasteiger partial charge is 0.492 e. The topological polar surface area (TPSA) is 65.0 Å². The molecule has 0 fully saturated rings. The fourth-order valence-electron chi connectivity index (χ4n) is 1.47. The van der Waals surface area contributed by atoms with Gasteiger partial charge in [0.2, 0.25) is 0 Å². The molecular formula is C11H12F2O5. The third kappa shape index (κ3) is 2.35. The van der Waals surface area contributed by atoms with Gasteiger partial charge in [0.15, 0.2) is 23.4 Å². The number of hydrogen-bond acceptors (Lipinski definition) is 5. The molecule has 5 nitrogen and oxygen atoms in total. The summed E-state index contributed by atoms with van der Waals surface area (Å²) in [5, 5.41) is 9.62. The number of hydrogen-bond donors (Lipinski definition) is 1. The highest BCUT2D eigenvalue weighted by Crippen LogP contribution is 2.39. The molecule has 1 aromatic rings. The van der Waals surface area contributed by atoms with Gasteiger partial charge in [-0.15, -0.1) is 0 Å². The lowest BCUT2D eigenvalue weighted by atomic mass is 10.1. The first kappa shape index (κ1) is 14.2. The van der Waals surface area contributed by atoms with E-state index in [1.54, 1.807) is 0 Å². The molecule has 1 rings (SSSR count). The lowest BCUT2D eigenvalue weighted by Gasteiger charge is -2.17. The Kier molecular flexibility index (Phi) is 4.43.